The number of halogens is 1. The molecule has 1 aromatic rings. The largest absolute Gasteiger partial charge is 0.480 e. The van der Waals surface area contributed by atoms with Crippen LogP contribution in [0.25, 0.3) is 0 Å². The Hall–Kier alpha value is -0.653. The fraction of sp³-hybridized carbons (Fsp3) is 0.533. The molecule has 112 valence electrons. The number of rotatable bonds is 6. The average Bonchev–Trinajstić information content (AvgIpc) is 2.29. The Labute approximate surface area is 130 Å². The van der Waals surface area contributed by atoms with Gasteiger partial charge in [0, 0.05) is 0 Å². The van der Waals surface area contributed by atoms with Crippen LogP contribution < -0.4 is 0 Å². The van der Waals surface area contributed by atoms with Crippen LogP contribution in [0.4, 0.5) is 0 Å². The van der Waals surface area contributed by atoms with Crippen LogP contribution in [-0.4, -0.2) is 29.0 Å². The number of carboxylic acid groups (broad SMARTS) is 1. The first kappa shape index (κ1) is 17.4. The van der Waals surface area contributed by atoms with Crippen LogP contribution in [-0.2, 0) is 17.6 Å². The lowest BCUT2D eigenvalue weighted by Gasteiger charge is -2.35. The van der Waals surface area contributed by atoms with Crippen LogP contribution in [0.5, 0.6) is 0 Å². The molecule has 1 atom stereocenters. The summed E-state index contributed by atoms with van der Waals surface area (Å²) in [5, 5.41) is 8.78. The van der Waals surface area contributed by atoms with Crippen LogP contribution in [0.3, 0.4) is 0 Å². The van der Waals surface area contributed by atoms with E-state index in [1.807, 2.05) is 37.4 Å². The molecule has 20 heavy (non-hydrogen) atoms. The van der Waals surface area contributed by atoms with Gasteiger partial charge in [0.1, 0.15) is 4.83 Å². The van der Waals surface area contributed by atoms with Gasteiger partial charge in [-0.05, 0) is 42.1 Å². The number of hydrogen-bond acceptors (Lipinski definition) is 2. The fourth-order valence-electron chi connectivity index (χ4n) is 1.81. The number of aliphatic carboxylic acids is 1. The highest BCUT2D eigenvalue weighted by atomic mass is 79.9. The molecular formula is C15H23BrO3Si. The van der Waals surface area contributed by atoms with Gasteiger partial charge in [0.05, 0.1) is 0 Å². The summed E-state index contributed by atoms with van der Waals surface area (Å²) in [5.74, 6) is -0.844. The Morgan fingerprint density at radius 1 is 1.25 bits per heavy atom. The van der Waals surface area contributed by atoms with E-state index in [4.69, 9.17) is 5.11 Å². The van der Waals surface area contributed by atoms with E-state index >= 15 is 0 Å². The van der Waals surface area contributed by atoms with Crippen LogP contribution in [0.1, 0.15) is 25.0 Å². The summed E-state index contributed by atoms with van der Waals surface area (Å²) in [4.78, 5) is 20.6. The monoisotopic (exact) mass is 358 g/mol. The minimum atomic E-state index is -2.21. The van der Waals surface area contributed by atoms with Gasteiger partial charge in [0.25, 0.3) is 0 Å². The molecule has 0 aliphatic carbocycles. The van der Waals surface area contributed by atoms with Crippen molar-refractivity contribution in [2.45, 2.75) is 49.6 Å². The Balaban J connectivity index is 2.75. The lowest BCUT2D eigenvalue weighted by molar-refractivity contribution is -0.136. The zero-order valence-corrected chi connectivity index (χ0v) is 15.1. The summed E-state index contributed by atoms with van der Waals surface area (Å²) in [6.07, 6.45) is 1.30. The van der Waals surface area contributed by atoms with E-state index in [1.54, 1.807) is 0 Å². The van der Waals surface area contributed by atoms with E-state index < -0.39 is 19.1 Å². The second kappa shape index (κ2) is 6.41. The van der Waals surface area contributed by atoms with Crippen molar-refractivity contribution >= 4 is 30.2 Å². The van der Waals surface area contributed by atoms with Gasteiger partial charge in [-0.1, -0.05) is 54.0 Å². The van der Waals surface area contributed by atoms with Crippen molar-refractivity contribution in [3.05, 3.63) is 35.4 Å². The zero-order valence-electron chi connectivity index (χ0n) is 12.5. The Morgan fingerprint density at radius 2 is 1.70 bits per heavy atom. The Morgan fingerprint density at radius 3 is 2.10 bits per heavy atom. The lowest BCUT2D eigenvalue weighted by atomic mass is 9.99. The average molecular weight is 359 g/mol. The quantitative estimate of drug-likeness (QED) is 0.603. The molecule has 0 aliphatic heterocycles. The predicted octanol–water partition coefficient (Wildman–Crippen LogP) is 3.60. The first-order valence-electron chi connectivity index (χ1n) is 6.70. The van der Waals surface area contributed by atoms with Crippen molar-refractivity contribution in [3.63, 3.8) is 0 Å². The molecule has 0 saturated heterocycles. The molecule has 3 nitrogen and oxygen atoms in total. The van der Waals surface area contributed by atoms with Gasteiger partial charge in [-0.25, -0.2) is 0 Å². The van der Waals surface area contributed by atoms with E-state index in [1.165, 1.54) is 5.56 Å². The molecule has 0 spiro atoms. The summed E-state index contributed by atoms with van der Waals surface area (Å²) in [5.41, 5.74) is 2.17. The molecule has 0 bridgehead atoms. The summed E-state index contributed by atoms with van der Waals surface area (Å²) < 4.78 is 0. The maximum absolute atomic E-state index is 10.8. The van der Waals surface area contributed by atoms with E-state index in [0.717, 1.165) is 12.0 Å². The molecule has 0 saturated carbocycles. The molecule has 0 radical (unpaired) electrons. The van der Waals surface area contributed by atoms with E-state index in [2.05, 4.69) is 29.8 Å². The van der Waals surface area contributed by atoms with Gasteiger partial charge >= 0.3 is 5.97 Å². The van der Waals surface area contributed by atoms with Gasteiger partial charge in [-0.2, -0.15) is 0 Å². The van der Waals surface area contributed by atoms with Crippen LogP contribution in [0.2, 0.25) is 18.1 Å². The second-order valence-electron chi connectivity index (χ2n) is 6.45. The van der Waals surface area contributed by atoms with Crippen LogP contribution in [0, 0.1) is 0 Å². The number of benzene rings is 1. The summed E-state index contributed by atoms with van der Waals surface area (Å²) in [6.45, 7) is 8.13. The first-order valence-corrected chi connectivity index (χ1v) is 10.6. The Bertz CT molecular complexity index is 463. The lowest BCUT2D eigenvalue weighted by Crippen LogP contribution is -2.40. The molecule has 0 fully saturated rings. The standard InChI is InChI=1S/C15H23BrO3Si/c1-15(2,20(3,4)19)10-12-7-5-11(6-8-12)9-13(16)14(17)18/h5-8,13,19H,9-10H2,1-4H3,(H,17,18). The third-order valence-corrected chi connectivity index (χ3v) is 8.21. The van der Waals surface area contributed by atoms with Crippen molar-refractivity contribution in [2.75, 3.05) is 0 Å². The summed E-state index contributed by atoms with van der Waals surface area (Å²) in [7, 11) is -2.21. The maximum Gasteiger partial charge on any atom is 0.317 e. The molecule has 0 aromatic heterocycles. The van der Waals surface area contributed by atoms with Crippen molar-refractivity contribution in [3.8, 4) is 0 Å². The number of carbonyl (C=O) groups is 1. The van der Waals surface area contributed by atoms with Gasteiger partial charge in [-0.3, -0.25) is 4.79 Å². The minimum absolute atomic E-state index is 0.0897. The number of hydrogen-bond donors (Lipinski definition) is 2. The van der Waals surface area contributed by atoms with Gasteiger partial charge in [0.2, 0.25) is 0 Å². The van der Waals surface area contributed by atoms with E-state index in [9.17, 15) is 9.59 Å². The Kier molecular flexibility index (Phi) is 5.58. The smallest absolute Gasteiger partial charge is 0.317 e. The molecule has 0 aliphatic rings. The van der Waals surface area contributed by atoms with Crippen molar-refractivity contribution in [1.29, 1.82) is 0 Å². The summed E-state index contributed by atoms with van der Waals surface area (Å²) >= 11 is 3.15. The first-order chi connectivity index (χ1) is 9.03. The third kappa shape index (κ3) is 4.72. The van der Waals surface area contributed by atoms with Crippen LogP contribution in [0.15, 0.2) is 24.3 Å². The topological polar surface area (TPSA) is 57.5 Å². The molecule has 1 unspecified atom stereocenters. The van der Waals surface area contributed by atoms with E-state index in [-0.39, 0.29) is 5.04 Å². The SMILES string of the molecule is CC(C)(Cc1ccc(CC(Br)C(=O)O)cc1)[Si](C)(C)O. The van der Waals surface area contributed by atoms with Gasteiger partial charge < -0.3 is 9.90 Å². The van der Waals surface area contributed by atoms with Crippen molar-refractivity contribution in [1.82, 2.24) is 0 Å². The predicted molar refractivity (Wildman–Crippen MR) is 87.9 cm³/mol. The normalized spacial score (nSPS) is 14.1. The molecule has 2 N–H and O–H groups in total. The maximum atomic E-state index is 10.8. The number of carboxylic acids is 1. The van der Waals surface area contributed by atoms with Gasteiger partial charge in [0.15, 0.2) is 8.32 Å². The van der Waals surface area contributed by atoms with Crippen molar-refractivity contribution < 1.29 is 14.7 Å². The third-order valence-electron chi connectivity index (χ3n) is 4.01. The highest BCUT2D eigenvalue weighted by molar-refractivity contribution is 9.10. The highest BCUT2D eigenvalue weighted by Gasteiger charge is 2.37. The van der Waals surface area contributed by atoms with Gasteiger partial charge in [-0.15, -0.1) is 0 Å². The van der Waals surface area contributed by atoms with Crippen LogP contribution >= 0.6 is 15.9 Å². The van der Waals surface area contributed by atoms with E-state index in [0.29, 0.717) is 6.42 Å². The molecule has 1 rings (SSSR count). The molecule has 5 heteroatoms. The molecule has 0 amide bonds. The second-order valence-corrected chi connectivity index (χ2v) is 12.0. The minimum Gasteiger partial charge on any atom is -0.480 e. The summed E-state index contributed by atoms with van der Waals surface area (Å²) in [6, 6.07) is 7.99. The highest BCUT2D eigenvalue weighted by Crippen LogP contribution is 2.38. The zero-order chi connectivity index (χ0) is 15.6. The molecular weight excluding hydrogens is 336 g/mol. The number of alkyl halides is 1. The molecule has 0 heterocycles. The molecule has 1 aromatic carbocycles. The fourth-order valence-corrected chi connectivity index (χ4v) is 2.82. The van der Waals surface area contributed by atoms with Crippen molar-refractivity contribution in [2.24, 2.45) is 0 Å².